The molecule has 2 aliphatic carbocycles. The van der Waals surface area contributed by atoms with Crippen LogP contribution in [-0.2, 0) is 19.1 Å². The molecule has 2 saturated carbocycles. The molecule has 1 atom stereocenters. The van der Waals surface area contributed by atoms with Gasteiger partial charge < -0.3 is 19.7 Å². The van der Waals surface area contributed by atoms with Gasteiger partial charge in [0.2, 0.25) is 0 Å². The molecule has 2 rings (SSSR count). The summed E-state index contributed by atoms with van der Waals surface area (Å²) < 4.78 is 11.7. The van der Waals surface area contributed by atoms with Crippen molar-refractivity contribution in [3.05, 3.63) is 0 Å². The first-order valence-electron chi connectivity index (χ1n) is 9.67. The van der Waals surface area contributed by atoms with Gasteiger partial charge in [0.25, 0.3) is 0 Å². The van der Waals surface area contributed by atoms with Crippen molar-refractivity contribution in [3.8, 4) is 0 Å². The predicted molar refractivity (Wildman–Crippen MR) is 92.1 cm³/mol. The molecular weight excluding hydrogens is 324 g/mol. The summed E-state index contributed by atoms with van der Waals surface area (Å²) in [7, 11) is 0. The van der Waals surface area contributed by atoms with Gasteiger partial charge in [0, 0.05) is 12.8 Å². The summed E-state index contributed by atoms with van der Waals surface area (Å²) in [6.45, 7) is 1.88. The molecule has 0 unspecified atom stereocenters. The van der Waals surface area contributed by atoms with Crippen molar-refractivity contribution in [2.75, 3.05) is 0 Å². The van der Waals surface area contributed by atoms with Crippen LogP contribution in [0.25, 0.3) is 0 Å². The maximum atomic E-state index is 12.0. The molecule has 0 aromatic rings. The van der Waals surface area contributed by atoms with E-state index in [1.54, 1.807) is 0 Å². The van der Waals surface area contributed by atoms with Crippen LogP contribution in [0.4, 0.5) is 0 Å². The fourth-order valence-corrected chi connectivity index (χ4v) is 3.73. The Morgan fingerprint density at radius 1 is 0.960 bits per heavy atom. The van der Waals surface area contributed by atoms with Crippen LogP contribution in [0.2, 0.25) is 0 Å². The number of carboxylic acids is 1. The molecule has 0 radical (unpaired) electrons. The Morgan fingerprint density at radius 2 is 1.48 bits per heavy atom. The van der Waals surface area contributed by atoms with Crippen LogP contribution >= 0.6 is 0 Å². The highest BCUT2D eigenvalue weighted by atomic mass is 16.5. The highest BCUT2D eigenvalue weighted by Gasteiger charge is 2.28. The summed E-state index contributed by atoms with van der Waals surface area (Å²) in [6, 6.07) is 0. The first-order valence-corrected chi connectivity index (χ1v) is 9.67. The molecule has 6 nitrogen and oxygen atoms in total. The zero-order valence-corrected chi connectivity index (χ0v) is 15.2. The lowest BCUT2D eigenvalue weighted by molar-refractivity contribution is -0.154. The highest BCUT2D eigenvalue weighted by Crippen LogP contribution is 2.29. The van der Waals surface area contributed by atoms with Crippen molar-refractivity contribution in [1.82, 2.24) is 0 Å². The van der Waals surface area contributed by atoms with E-state index in [0.29, 0.717) is 6.42 Å². The van der Waals surface area contributed by atoms with Gasteiger partial charge in [-0.05, 0) is 63.7 Å². The second kappa shape index (κ2) is 10.1. The minimum atomic E-state index is -0.828. The van der Waals surface area contributed by atoms with Gasteiger partial charge in [-0.1, -0.05) is 6.92 Å². The van der Waals surface area contributed by atoms with E-state index in [4.69, 9.17) is 14.6 Å². The van der Waals surface area contributed by atoms with Crippen molar-refractivity contribution >= 4 is 11.9 Å². The van der Waals surface area contributed by atoms with Crippen molar-refractivity contribution in [2.24, 2.45) is 5.92 Å². The molecule has 2 aliphatic rings. The lowest BCUT2D eigenvalue weighted by Crippen LogP contribution is -2.33. The first kappa shape index (κ1) is 20.2. The lowest BCUT2D eigenvalue weighted by Gasteiger charge is -2.33. The molecule has 0 heterocycles. The summed E-state index contributed by atoms with van der Waals surface area (Å²) >= 11 is 0. The van der Waals surface area contributed by atoms with E-state index in [0.717, 1.165) is 51.4 Å². The molecule has 0 aromatic carbocycles. The number of hydrogen-bond acceptors (Lipinski definition) is 5. The van der Waals surface area contributed by atoms with Crippen molar-refractivity contribution in [3.63, 3.8) is 0 Å². The number of aliphatic carboxylic acids is 1. The minimum Gasteiger partial charge on any atom is -0.481 e. The number of rotatable bonds is 8. The molecule has 0 amide bonds. The van der Waals surface area contributed by atoms with Gasteiger partial charge in [-0.2, -0.15) is 0 Å². The second-order valence-corrected chi connectivity index (χ2v) is 7.70. The standard InChI is InChI=1S/C19H32O6/c1-13(2-11-18(21)22)12-19(23)25-17-9-7-16(8-10-17)24-15-5-3-14(20)4-6-15/h13-17,20H,2-12H2,1H3,(H,21,22)/t13-,14?,15?,16?,17?/m1/s1. The smallest absolute Gasteiger partial charge is 0.306 e. The van der Waals surface area contributed by atoms with Crippen LogP contribution in [0.15, 0.2) is 0 Å². The predicted octanol–water partition coefficient (Wildman–Crippen LogP) is 3.05. The first-order chi connectivity index (χ1) is 11.9. The van der Waals surface area contributed by atoms with Gasteiger partial charge in [0.15, 0.2) is 0 Å². The van der Waals surface area contributed by atoms with Gasteiger partial charge in [-0.15, -0.1) is 0 Å². The number of carbonyl (C=O) groups is 2. The Kier molecular flexibility index (Phi) is 8.16. The number of aliphatic hydroxyl groups excluding tert-OH is 1. The summed E-state index contributed by atoms with van der Waals surface area (Å²) in [4.78, 5) is 22.5. The Hall–Kier alpha value is -1.14. The molecule has 0 spiro atoms. The van der Waals surface area contributed by atoms with E-state index in [1.807, 2.05) is 6.92 Å². The fourth-order valence-electron chi connectivity index (χ4n) is 3.73. The van der Waals surface area contributed by atoms with Gasteiger partial charge >= 0.3 is 11.9 Å². The second-order valence-electron chi connectivity index (χ2n) is 7.70. The van der Waals surface area contributed by atoms with E-state index in [9.17, 15) is 14.7 Å². The van der Waals surface area contributed by atoms with Crippen molar-refractivity contribution in [2.45, 2.75) is 102 Å². The van der Waals surface area contributed by atoms with Crippen LogP contribution in [0.3, 0.4) is 0 Å². The van der Waals surface area contributed by atoms with Gasteiger partial charge in [0.05, 0.1) is 18.3 Å². The maximum Gasteiger partial charge on any atom is 0.306 e. The zero-order chi connectivity index (χ0) is 18.2. The number of carbonyl (C=O) groups excluding carboxylic acids is 1. The molecule has 2 fully saturated rings. The SMILES string of the molecule is C[C@H](CCC(=O)O)CC(=O)OC1CCC(OC2CCC(O)CC2)CC1. The van der Waals surface area contributed by atoms with Gasteiger partial charge in [-0.25, -0.2) is 0 Å². The molecule has 0 aromatic heterocycles. The molecule has 25 heavy (non-hydrogen) atoms. The molecule has 2 N–H and O–H groups in total. The average Bonchev–Trinajstić information content (AvgIpc) is 2.57. The largest absolute Gasteiger partial charge is 0.481 e. The third-order valence-electron chi connectivity index (χ3n) is 5.31. The fraction of sp³-hybridized carbons (Fsp3) is 0.895. The number of hydrogen-bond donors (Lipinski definition) is 2. The summed E-state index contributed by atoms with van der Waals surface area (Å²) in [6.07, 6.45) is 8.20. The molecule has 144 valence electrons. The van der Waals surface area contributed by atoms with Crippen LogP contribution in [0, 0.1) is 5.92 Å². The monoisotopic (exact) mass is 356 g/mol. The van der Waals surface area contributed by atoms with E-state index in [2.05, 4.69) is 0 Å². The summed E-state index contributed by atoms with van der Waals surface area (Å²) in [5.41, 5.74) is 0. The number of esters is 1. The highest BCUT2D eigenvalue weighted by molar-refractivity contribution is 5.70. The Balaban J connectivity index is 1.59. The van der Waals surface area contributed by atoms with E-state index >= 15 is 0 Å². The van der Waals surface area contributed by atoms with Crippen LogP contribution in [-0.4, -0.2) is 46.6 Å². The number of ether oxygens (including phenoxy) is 2. The quantitative estimate of drug-likeness (QED) is 0.649. The van der Waals surface area contributed by atoms with E-state index < -0.39 is 5.97 Å². The minimum absolute atomic E-state index is 0.0323. The molecule has 0 saturated heterocycles. The van der Waals surface area contributed by atoms with E-state index in [1.165, 1.54) is 0 Å². The Morgan fingerprint density at radius 3 is 2.04 bits per heavy atom. The topological polar surface area (TPSA) is 93.1 Å². The van der Waals surface area contributed by atoms with Gasteiger partial charge in [-0.3, -0.25) is 9.59 Å². The van der Waals surface area contributed by atoms with Crippen LogP contribution in [0.5, 0.6) is 0 Å². The molecule has 6 heteroatoms. The number of carboxylic acid groups (broad SMARTS) is 1. The third-order valence-corrected chi connectivity index (χ3v) is 5.31. The van der Waals surface area contributed by atoms with Gasteiger partial charge in [0.1, 0.15) is 6.10 Å². The molecule has 0 bridgehead atoms. The molecular formula is C19H32O6. The van der Waals surface area contributed by atoms with Crippen LogP contribution in [0.1, 0.15) is 77.6 Å². The normalized spacial score (nSPS) is 31.3. The Labute approximate surface area is 149 Å². The van der Waals surface area contributed by atoms with Crippen molar-refractivity contribution < 1.29 is 29.3 Å². The lowest BCUT2D eigenvalue weighted by atomic mass is 9.92. The Bertz CT molecular complexity index is 422. The maximum absolute atomic E-state index is 12.0. The summed E-state index contributed by atoms with van der Waals surface area (Å²) in [5.74, 6) is -1.01. The third kappa shape index (κ3) is 7.74. The number of aliphatic hydroxyl groups is 1. The van der Waals surface area contributed by atoms with Crippen LogP contribution < -0.4 is 0 Å². The van der Waals surface area contributed by atoms with E-state index in [-0.39, 0.29) is 49.1 Å². The summed E-state index contributed by atoms with van der Waals surface area (Å²) in [5, 5.41) is 18.2. The zero-order valence-electron chi connectivity index (χ0n) is 15.2. The average molecular weight is 356 g/mol. The van der Waals surface area contributed by atoms with Crippen molar-refractivity contribution in [1.29, 1.82) is 0 Å². The molecule has 0 aliphatic heterocycles.